The average molecular weight is 160 g/mol. The Morgan fingerprint density at radius 3 is 2.64 bits per heavy atom. The summed E-state index contributed by atoms with van der Waals surface area (Å²) in [4.78, 5) is 10.2. The summed E-state index contributed by atoms with van der Waals surface area (Å²) in [5.74, 6) is -0.898. The van der Waals surface area contributed by atoms with Crippen molar-refractivity contribution in [3.8, 4) is 0 Å². The number of carboxylic acids is 1. The highest BCUT2D eigenvalue weighted by Crippen LogP contribution is 2.01. The molecule has 0 amide bonds. The number of allylic oxidation sites excluding steroid dienone is 1. The lowest BCUT2D eigenvalue weighted by atomic mass is 10.2. The van der Waals surface area contributed by atoms with Crippen molar-refractivity contribution >= 4 is 5.97 Å². The lowest BCUT2D eigenvalue weighted by Crippen LogP contribution is -1.95. The van der Waals surface area contributed by atoms with E-state index < -0.39 is 5.97 Å². The minimum absolute atomic E-state index is 0.319. The zero-order valence-electron chi connectivity index (χ0n) is 6.64. The van der Waals surface area contributed by atoms with Crippen molar-refractivity contribution < 1.29 is 14.3 Å². The second-order valence-electron chi connectivity index (χ2n) is 2.38. The molecule has 0 atom stereocenters. The highest BCUT2D eigenvalue weighted by atomic mass is 19.1. The fourth-order valence-corrected chi connectivity index (χ4v) is 0.645. The Bertz CT molecular complexity index is 152. The van der Waals surface area contributed by atoms with Gasteiger partial charge in [0.2, 0.25) is 0 Å². The molecule has 0 saturated heterocycles. The van der Waals surface area contributed by atoms with Crippen LogP contribution in [0.1, 0.15) is 26.2 Å². The Hall–Kier alpha value is -0.860. The Balaban J connectivity index is 3.48. The summed E-state index contributed by atoms with van der Waals surface area (Å²) in [6.45, 7) is 1.22. The summed E-state index contributed by atoms with van der Waals surface area (Å²) in [5.41, 5.74) is 0.337. The van der Waals surface area contributed by atoms with Gasteiger partial charge in [-0.25, -0.2) is 4.79 Å². The molecule has 11 heavy (non-hydrogen) atoms. The molecular formula is C8H13FO2. The topological polar surface area (TPSA) is 37.3 Å². The van der Waals surface area contributed by atoms with Gasteiger partial charge in [0.1, 0.15) is 0 Å². The second kappa shape index (κ2) is 5.89. The van der Waals surface area contributed by atoms with E-state index in [2.05, 4.69) is 0 Å². The average Bonchev–Trinajstić information content (AvgIpc) is 1.97. The molecule has 0 heterocycles. The first-order valence-electron chi connectivity index (χ1n) is 3.64. The van der Waals surface area contributed by atoms with E-state index in [4.69, 9.17) is 5.11 Å². The van der Waals surface area contributed by atoms with E-state index >= 15 is 0 Å². The van der Waals surface area contributed by atoms with Crippen molar-refractivity contribution in [1.29, 1.82) is 0 Å². The molecule has 0 fully saturated rings. The largest absolute Gasteiger partial charge is 0.478 e. The molecule has 0 aliphatic carbocycles. The molecule has 0 unspecified atom stereocenters. The second-order valence-corrected chi connectivity index (χ2v) is 2.38. The maximum atomic E-state index is 11.5. The third kappa shape index (κ3) is 5.58. The number of hydrogen-bond donors (Lipinski definition) is 1. The van der Waals surface area contributed by atoms with E-state index in [1.807, 2.05) is 0 Å². The quantitative estimate of drug-likeness (QED) is 0.494. The van der Waals surface area contributed by atoms with Crippen LogP contribution >= 0.6 is 0 Å². The molecule has 0 aromatic rings. The molecule has 3 heteroatoms. The number of carboxylic acid groups (broad SMARTS) is 1. The molecule has 1 N–H and O–H groups in total. The van der Waals surface area contributed by atoms with Crippen LogP contribution in [0.5, 0.6) is 0 Å². The Labute approximate surface area is 65.7 Å². The lowest BCUT2D eigenvalue weighted by molar-refractivity contribution is -0.132. The van der Waals surface area contributed by atoms with Crippen LogP contribution in [0.3, 0.4) is 0 Å². The maximum absolute atomic E-state index is 11.5. The van der Waals surface area contributed by atoms with Crippen molar-refractivity contribution in [2.24, 2.45) is 0 Å². The summed E-state index contributed by atoms with van der Waals surface area (Å²) in [5, 5.41) is 8.40. The normalized spacial score (nSPS) is 11.6. The monoisotopic (exact) mass is 160 g/mol. The van der Waals surface area contributed by atoms with E-state index in [1.165, 1.54) is 6.92 Å². The van der Waals surface area contributed by atoms with Gasteiger partial charge < -0.3 is 5.11 Å². The number of alkyl halides is 1. The van der Waals surface area contributed by atoms with Gasteiger partial charge in [0.25, 0.3) is 0 Å². The Kier molecular flexibility index (Phi) is 5.43. The summed E-state index contributed by atoms with van der Waals surface area (Å²) in [6, 6.07) is 0. The molecule has 64 valence electrons. The minimum Gasteiger partial charge on any atom is -0.478 e. The highest BCUT2D eigenvalue weighted by molar-refractivity contribution is 5.85. The predicted octanol–water partition coefficient (Wildman–Crippen LogP) is 2.16. The van der Waals surface area contributed by atoms with Gasteiger partial charge in [-0.3, -0.25) is 4.39 Å². The van der Waals surface area contributed by atoms with Gasteiger partial charge in [-0.1, -0.05) is 6.08 Å². The van der Waals surface area contributed by atoms with Crippen LogP contribution in [0.2, 0.25) is 0 Å². The number of hydrogen-bond acceptors (Lipinski definition) is 1. The van der Waals surface area contributed by atoms with Gasteiger partial charge in [-0.05, 0) is 26.2 Å². The van der Waals surface area contributed by atoms with Crippen molar-refractivity contribution in [3.05, 3.63) is 11.6 Å². The van der Waals surface area contributed by atoms with Crippen molar-refractivity contribution in [3.63, 3.8) is 0 Å². The van der Waals surface area contributed by atoms with Gasteiger partial charge in [0.05, 0.1) is 6.67 Å². The van der Waals surface area contributed by atoms with Crippen LogP contribution < -0.4 is 0 Å². The third-order valence-corrected chi connectivity index (χ3v) is 1.38. The zero-order chi connectivity index (χ0) is 8.69. The van der Waals surface area contributed by atoms with Crippen molar-refractivity contribution in [1.82, 2.24) is 0 Å². The van der Waals surface area contributed by atoms with Crippen LogP contribution in [0.4, 0.5) is 4.39 Å². The van der Waals surface area contributed by atoms with Gasteiger partial charge in [0.15, 0.2) is 0 Å². The number of aliphatic carboxylic acids is 1. The molecule has 0 rings (SSSR count). The van der Waals surface area contributed by atoms with E-state index in [0.717, 1.165) is 6.42 Å². The highest BCUT2D eigenvalue weighted by Gasteiger charge is 1.97. The Morgan fingerprint density at radius 2 is 2.18 bits per heavy atom. The summed E-state index contributed by atoms with van der Waals surface area (Å²) < 4.78 is 11.5. The zero-order valence-corrected chi connectivity index (χ0v) is 6.64. The molecule has 0 bridgehead atoms. The van der Waals surface area contributed by atoms with Crippen LogP contribution in [0, 0.1) is 0 Å². The molecule has 2 nitrogen and oxygen atoms in total. The lowest BCUT2D eigenvalue weighted by Gasteiger charge is -1.93. The number of halogens is 1. The molecule has 0 spiro atoms. The first-order valence-corrected chi connectivity index (χ1v) is 3.64. The van der Waals surface area contributed by atoms with E-state index in [0.29, 0.717) is 18.4 Å². The summed E-state index contributed by atoms with van der Waals surface area (Å²) in [7, 11) is 0. The molecule has 0 aromatic heterocycles. The third-order valence-electron chi connectivity index (χ3n) is 1.38. The Morgan fingerprint density at radius 1 is 1.55 bits per heavy atom. The fraction of sp³-hybridized carbons (Fsp3) is 0.625. The maximum Gasteiger partial charge on any atom is 0.330 e. The standard InChI is InChI=1S/C8H13FO2/c1-7(8(10)11)5-3-2-4-6-9/h5H,2-4,6H2,1H3,(H,10,11). The first-order chi connectivity index (χ1) is 5.18. The smallest absolute Gasteiger partial charge is 0.330 e. The molecule has 0 saturated carbocycles. The number of carbonyl (C=O) groups is 1. The van der Waals surface area contributed by atoms with E-state index in [-0.39, 0.29) is 6.67 Å². The molecule has 0 radical (unpaired) electrons. The first kappa shape index (κ1) is 10.1. The van der Waals surface area contributed by atoms with Crippen LogP contribution in [-0.2, 0) is 4.79 Å². The van der Waals surface area contributed by atoms with Crippen molar-refractivity contribution in [2.45, 2.75) is 26.2 Å². The molecular weight excluding hydrogens is 147 g/mol. The minimum atomic E-state index is -0.898. The van der Waals surface area contributed by atoms with Crippen LogP contribution in [0.15, 0.2) is 11.6 Å². The van der Waals surface area contributed by atoms with Gasteiger partial charge in [0, 0.05) is 5.57 Å². The molecule has 0 aliphatic heterocycles. The van der Waals surface area contributed by atoms with Crippen LogP contribution in [0.25, 0.3) is 0 Å². The predicted molar refractivity (Wildman–Crippen MR) is 41.2 cm³/mol. The molecule has 0 aromatic carbocycles. The summed E-state index contributed by atoms with van der Waals surface area (Å²) >= 11 is 0. The van der Waals surface area contributed by atoms with E-state index in [9.17, 15) is 9.18 Å². The van der Waals surface area contributed by atoms with Crippen LogP contribution in [-0.4, -0.2) is 17.8 Å². The molecule has 0 aliphatic rings. The van der Waals surface area contributed by atoms with Gasteiger partial charge >= 0.3 is 5.97 Å². The van der Waals surface area contributed by atoms with Gasteiger partial charge in [-0.2, -0.15) is 0 Å². The van der Waals surface area contributed by atoms with E-state index in [1.54, 1.807) is 6.08 Å². The van der Waals surface area contributed by atoms with Crippen molar-refractivity contribution in [2.75, 3.05) is 6.67 Å². The summed E-state index contributed by atoms with van der Waals surface area (Å²) in [6.07, 6.45) is 3.52. The fourth-order valence-electron chi connectivity index (χ4n) is 0.645. The number of rotatable bonds is 5. The van der Waals surface area contributed by atoms with Gasteiger partial charge in [-0.15, -0.1) is 0 Å². The SMILES string of the molecule is CC(=CCCCCF)C(=O)O. The number of unbranched alkanes of at least 4 members (excludes halogenated alkanes) is 2.